The van der Waals surface area contributed by atoms with E-state index >= 15 is 0 Å². The maximum Gasteiger partial charge on any atom is 0.303 e. The molecule has 96 valence electrons. The number of aliphatic carboxylic acids is 1. The van der Waals surface area contributed by atoms with E-state index in [0.29, 0.717) is 12.1 Å². The first kappa shape index (κ1) is 12.5. The molecule has 1 amide bonds. The zero-order chi connectivity index (χ0) is 13.0. The van der Waals surface area contributed by atoms with Crippen molar-refractivity contribution in [2.75, 3.05) is 6.54 Å². The zero-order valence-corrected chi connectivity index (χ0v) is 9.93. The van der Waals surface area contributed by atoms with E-state index < -0.39 is 5.97 Å². The fraction of sp³-hybridized carbons (Fsp3) is 0.500. The van der Waals surface area contributed by atoms with Gasteiger partial charge in [-0.15, -0.1) is 0 Å². The highest BCUT2D eigenvalue weighted by molar-refractivity contribution is 5.93. The van der Waals surface area contributed by atoms with Gasteiger partial charge in [0.2, 0.25) is 0 Å². The lowest BCUT2D eigenvalue weighted by molar-refractivity contribution is -0.141. The highest BCUT2D eigenvalue weighted by atomic mass is 16.4. The van der Waals surface area contributed by atoms with Crippen molar-refractivity contribution in [1.29, 1.82) is 0 Å². The molecule has 18 heavy (non-hydrogen) atoms. The first-order valence-corrected chi connectivity index (χ1v) is 5.86. The van der Waals surface area contributed by atoms with E-state index in [1.807, 2.05) is 0 Å². The predicted molar refractivity (Wildman–Crippen MR) is 62.9 cm³/mol. The Morgan fingerprint density at radius 2 is 2.00 bits per heavy atom. The molecule has 6 nitrogen and oxygen atoms in total. The van der Waals surface area contributed by atoms with Crippen LogP contribution in [0, 0.1) is 5.41 Å². The summed E-state index contributed by atoms with van der Waals surface area (Å²) in [6, 6.07) is 0. The van der Waals surface area contributed by atoms with Crippen molar-refractivity contribution in [3.8, 4) is 0 Å². The number of amides is 1. The monoisotopic (exact) mass is 249 g/mol. The lowest BCUT2D eigenvalue weighted by atomic mass is 9.66. The molecular weight excluding hydrogens is 234 g/mol. The Labute approximate surface area is 104 Å². The number of nitrogens with one attached hydrogen (secondary N) is 1. The van der Waals surface area contributed by atoms with Gasteiger partial charge < -0.3 is 10.4 Å². The summed E-state index contributed by atoms with van der Waals surface area (Å²) in [7, 11) is 0. The van der Waals surface area contributed by atoms with Crippen molar-refractivity contribution >= 4 is 11.9 Å². The molecule has 0 bridgehead atoms. The van der Waals surface area contributed by atoms with E-state index in [-0.39, 0.29) is 17.7 Å². The highest BCUT2D eigenvalue weighted by Crippen LogP contribution is 2.43. The molecular formula is C12H15N3O3. The molecule has 0 radical (unpaired) electrons. The third-order valence-electron chi connectivity index (χ3n) is 3.39. The van der Waals surface area contributed by atoms with E-state index in [0.717, 1.165) is 19.3 Å². The van der Waals surface area contributed by atoms with Crippen molar-refractivity contribution in [3.63, 3.8) is 0 Å². The van der Waals surface area contributed by atoms with Gasteiger partial charge >= 0.3 is 5.97 Å². The normalized spacial score (nSPS) is 16.7. The summed E-state index contributed by atoms with van der Waals surface area (Å²) in [4.78, 5) is 30.1. The van der Waals surface area contributed by atoms with Gasteiger partial charge in [0, 0.05) is 18.9 Å². The van der Waals surface area contributed by atoms with Gasteiger partial charge in [0.1, 0.15) is 6.33 Å². The summed E-state index contributed by atoms with van der Waals surface area (Å²) in [5, 5.41) is 11.6. The molecule has 0 atom stereocenters. The molecule has 0 aliphatic heterocycles. The van der Waals surface area contributed by atoms with Gasteiger partial charge in [-0.25, -0.2) is 9.97 Å². The number of hydrogen-bond acceptors (Lipinski definition) is 4. The van der Waals surface area contributed by atoms with Crippen LogP contribution in [0.1, 0.15) is 36.0 Å². The Morgan fingerprint density at radius 1 is 1.33 bits per heavy atom. The molecule has 1 aliphatic carbocycles. The van der Waals surface area contributed by atoms with Gasteiger partial charge in [-0.1, -0.05) is 6.42 Å². The van der Waals surface area contributed by atoms with E-state index in [9.17, 15) is 9.59 Å². The number of nitrogens with zero attached hydrogens (tertiary/aromatic N) is 2. The number of carboxylic acid groups (broad SMARTS) is 1. The smallest absolute Gasteiger partial charge is 0.303 e. The van der Waals surface area contributed by atoms with Crippen molar-refractivity contribution < 1.29 is 14.7 Å². The fourth-order valence-electron chi connectivity index (χ4n) is 2.20. The molecule has 1 fully saturated rings. The average Bonchev–Trinajstić information content (AvgIpc) is 2.32. The molecule has 0 aromatic carbocycles. The Bertz CT molecular complexity index is 443. The van der Waals surface area contributed by atoms with E-state index in [2.05, 4.69) is 15.3 Å². The molecule has 1 aromatic rings. The number of rotatable bonds is 5. The van der Waals surface area contributed by atoms with Crippen LogP contribution in [0.3, 0.4) is 0 Å². The lowest BCUT2D eigenvalue weighted by Gasteiger charge is -2.40. The minimum atomic E-state index is -0.813. The zero-order valence-electron chi connectivity index (χ0n) is 9.93. The summed E-state index contributed by atoms with van der Waals surface area (Å²) >= 11 is 0. The molecule has 6 heteroatoms. The molecule has 1 saturated carbocycles. The molecule has 0 unspecified atom stereocenters. The Morgan fingerprint density at radius 3 is 2.50 bits per heavy atom. The first-order chi connectivity index (χ1) is 8.61. The molecule has 0 saturated heterocycles. The molecule has 1 aromatic heterocycles. The quantitative estimate of drug-likeness (QED) is 0.807. The molecule has 1 aliphatic rings. The van der Waals surface area contributed by atoms with Crippen LogP contribution in [-0.4, -0.2) is 33.5 Å². The SMILES string of the molecule is O=C(O)CC1(CNC(=O)c2cncnc2)CCC1. The molecule has 1 heterocycles. The maximum absolute atomic E-state index is 11.8. The minimum Gasteiger partial charge on any atom is -0.481 e. The average molecular weight is 249 g/mol. The number of aromatic nitrogens is 2. The second kappa shape index (κ2) is 5.12. The third-order valence-corrected chi connectivity index (χ3v) is 3.39. The summed E-state index contributed by atoms with van der Waals surface area (Å²) < 4.78 is 0. The second-order valence-electron chi connectivity index (χ2n) is 4.73. The predicted octanol–water partition coefficient (Wildman–Crippen LogP) is 0.851. The topological polar surface area (TPSA) is 92.2 Å². The van der Waals surface area contributed by atoms with E-state index in [1.54, 1.807) is 0 Å². The van der Waals surface area contributed by atoms with Gasteiger partial charge in [0.25, 0.3) is 5.91 Å². The van der Waals surface area contributed by atoms with Crippen LogP contribution in [0.25, 0.3) is 0 Å². The van der Waals surface area contributed by atoms with Gasteiger partial charge in [0.05, 0.1) is 12.0 Å². The number of carboxylic acids is 1. The van der Waals surface area contributed by atoms with Crippen LogP contribution < -0.4 is 5.32 Å². The van der Waals surface area contributed by atoms with Crippen LogP contribution in [0.15, 0.2) is 18.7 Å². The summed E-state index contributed by atoms with van der Waals surface area (Å²) in [5.74, 6) is -1.07. The standard InChI is InChI=1S/C12H15N3O3/c16-10(17)4-12(2-1-3-12)7-15-11(18)9-5-13-8-14-6-9/h5-6,8H,1-4,7H2,(H,15,18)(H,16,17). The maximum atomic E-state index is 11.8. The van der Waals surface area contributed by atoms with Crippen molar-refractivity contribution in [3.05, 3.63) is 24.3 Å². The van der Waals surface area contributed by atoms with Gasteiger partial charge in [-0.05, 0) is 18.3 Å². The van der Waals surface area contributed by atoms with Crippen LogP contribution in [0.2, 0.25) is 0 Å². The Kier molecular flexibility index (Phi) is 3.55. The van der Waals surface area contributed by atoms with Crippen LogP contribution >= 0.6 is 0 Å². The number of carbonyl (C=O) groups excluding carboxylic acids is 1. The molecule has 2 N–H and O–H groups in total. The van der Waals surface area contributed by atoms with Crippen molar-refractivity contribution in [1.82, 2.24) is 15.3 Å². The van der Waals surface area contributed by atoms with E-state index in [1.165, 1.54) is 18.7 Å². The largest absolute Gasteiger partial charge is 0.481 e. The van der Waals surface area contributed by atoms with Crippen molar-refractivity contribution in [2.24, 2.45) is 5.41 Å². The third kappa shape index (κ3) is 2.82. The minimum absolute atomic E-state index is 0.110. The van der Waals surface area contributed by atoms with Crippen LogP contribution in [0.4, 0.5) is 0 Å². The lowest BCUT2D eigenvalue weighted by Crippen LogP contribution is -2.43. The highest BCUT2D eigenvalue weighted by Gasteiger charge is 2.39. The fourth-order valence-corrected chi connectivity index (χ4v) is 2.20. The first-order valence-electron chi connectivity index (χ1n) is 5.86. The Balaban J connectivity index is 1.91. The molecule has 0 spiro atoms. The summed E-state index contributed by atoms with van der Waals surface area (Å²) in [5.41, 5.74) is 0.124. The van der Waals surface area contributed by atoms with Crippen molar-refractivity contribution in [2.45, 2.75) is 25.7 Å². The summed E-state index contributed by atoms with van der Waals surface area (Å²) in [6.07, 6.45) is 7.07. The second-order valence-corrected chi connectivity index (χ2v) is 4.73. The summed E-state index contributed by atoms with van der Waals surface area (Å²) in [6.45, 7) is 0.396. The van der Waals surface area contributed by atoms with Crippen LogP contribution in [0.5, 0.6) is 0 Å². The Hall–Kier alpha value is -1.98. The molecule has 2 rings (SSSR count). The number of carbonyl (C=O) groups is 2. The number of hydrogen-bond donors (Lipinski definition) is 2. The van der Waals surface area contributed by atoms with Gasteiger partial charge in [0.15, 0.2) is 0 Å². The van der Waals surface area contributed by atoms with E-state index in [4.69, 9.17) is 5.11 Å². The van der Waals surface area contributed by atoms with Gasteiger partial charge in [-0.2, -0.15) is 0 Å². The van der Waals surface area contributed by atoms with Crippen LogP contribution in [-0.2, 0) is 4.79 Å². The van der Waals surface area contributed by atoms with Gasteiger partial charge in [-0.3, -0.25) is 9.59 Å².